The van der Waals surface area contributed by atoms with E-state index in [1.807, 2.05) is 0 Å². The Morgan fingerprint density at radius 1 is 1.04 bits per heavy atom. The summed E-state index contributed by atoms with van der Waals surface area (Å²) in [6, 6.07) is 15.4. The lowest BCUT2D eigenvalue weighted by Crippen LogP contribution is -2.16. The molecule has 120 valence electrons. The summed E-state index contributed by atoms with van der Waals surface area (Å²) < 4.78 is 13.1. The predicted octanol–water partition coefficient (Wildman–Crippen LogP) is 3.92. The Labute approximate surface area is 139 Å². The number of ether oxygens (including phenoxy) is 1. The molecule has 0 aromatic heterocycles. The Morgan fingerprint density at radius 2 is 1.61 bits per heavy atom. The van der Waals surface area contributed by atoms with Gasteiger partial charge in [-0.15, -0.1) is 0 Å². The molecule has 0 spiro atoms. The lowest BCUT2D eigenvalue weighted by molar-refractivity contribution is -0.144. The number of carbonyl (C=O) groups excluding carboxylic acids is 1. The lowest BCUT2D eigenvalue weighted by atomic mass is 9.89. The molecule has 4 bridgehead atoms. The maximum atomic E-state index is 11.9. The molecule has 1 unspecified atom stereocenters. The second-order valence-electron chi connectivity index (χ2n) is 6.37. The SMILES string of the molecule is [2H]C(C)(Cc1cc2ccc1CCc1ccc(cc1)CC2)C(=O)OC. The van der Waals surface area contributed by atoms with Crippen LogP contribution in [0.4, 0.5) is 0 Å². The molecule has 0 fully saturated rings. The third-order valence-electron chi connectivity index (χ3n) is 4.67. The van der Waals surface area contributed by atoms with E-state index < -0.39 is 11.9 Å². The normalized spacial score (nSPS) is 16.9. The van der Waals surface area contributed by atoms with Crippen LogP contribution in [0.3, 0.4) is 0 Å². The van der Waals surface area contributed by atoms with Crippen LogP contribution in [0.2, 0.25) is 0 Å². The van der Waals surface area contributed by atoms with Crippen LogP contribution in [0.1, 0.15) is 36.1 Å². The van der Waals surface area contributed by atoms with E-state index >= 15 is 0 Å². The molecular weight excluding hydrogens is 284 g/mol. The van der Waals surface area contributed by atoms with Crippen LogP contribution in [0.15, 0.2) is 42.5 Å². The molecule has 2 aromatic carbocycles. The van der Waals surface area contributed by atoms with Crippen LogP contribution in [0.25, 0.3) is 0 Å². The minimum absolute atomic E-state index is 0.389. The number of aryl methyl sites for hydroxylation is 4. The monoisotopic (exact) mass is 309 g/mol. The van der Waals surface area contributed by atoms with Gasteiger partial charge in [0.05, 0.1) is 13.0 Å². The van der Waals surface area contributed by atoms with E-state index in [-0.39, 0.29) is 0 Å². The molecule has 0 aliphatic heterocycles. The summed E-state index contributed by atoms with van der Waals surface area (Å²) in [5, 5.41) is 0. The highest BCUT2D eigenvalue weighted by Gasteiger charge is 2.16. The van der Waals surface area contributed by atoms with Gasteiger partial charge in [0.25, 0.3) is 0 Å². The van der Waals surface area contributed by atoms with E-state index in [2.05, 4.69) is 42.5 Å². The molecule has 6 rings (SSSR count). The molecular formula is C21H24O2. The second-order valence-corrected chi connectivity index (χ2v) is 6.37. The zero-order valence-corrected chi connectivity index (χ0v) is 13.9. The van der Waals surface area contributed by atoms with Crippen molar-refractivity contribution in [2.24, 2.45) is 5.89 Å². The number of rotatable bonds is 3. The molecule has 0 radical (unpaired) electrons. The van der Waals surface area contributed by atoms with Gasteiger partial charge in [-0.1, -0.05) is 49.4 Å². The summed E-state index contributed by atoms with van der Waals surface area (Å²) in [6.07, 6.45) is 4.26. The maximum Gasteiger partial charge on any atom is 0.308 e. The molecule has 2 heteroatoms. The van der Waals surface area contributed by atoms with E-state index in [1.54, 1.807) is 6.92 Å². The van der Waals surface area contributed by atoms with Gasteiger partial charge in [0, 0.05) is 1.37 Å². The highest BCUT2D eigenvalue weighted by molar-refractivity contribution is 5.72. The van der Waals surface area contributed by atoms with Gasteiger partial charge in [-0.2, -0.15) is 0 Å². The van der Waals surface area contributed by atoms with Gasteiger partial charge >= 0.3 is 5.97 Å². The van der Waals surface area contributed by atoms with Crippen molar-refractivity contribution in [2.45, 2.75) is 39.0 Å². The molecule has 0 heterocycles. The van der Waals surface area contributed by atoms with Crippen LogP contribution in [-0.2, 0) is 41.6 Å². The molecule has 2 aromatic rings. The average molecular weight is 309 g/mol. The zero-order chi connectivity index (χ0) is 17.2. The minimum atomic E-state index is -1.25. The molecule has 0 N–H and O–H groups in total. The summed E-state index contributed by atoms with van der Waals surface area (Å²) in [7, 11) is 1.35. The number of hydrogen-bond donors (Lipinski definition) is 0. The average Bonchev–Trinajstić information content (AvgIpc) is 2.57. The van der Waals surface area contributed by atoms with Crippen molar-refractivity contribution in [3.05, 3.63) is 70.3 Å². The van der Waals surface area contributed by atoms with Crippen molar-refractivity contribution < 1.29 is 10.9 Å². The largest absolute Gasteiger partial charge is 0.469 e. The van der Waals surface area contributed by atoms with Gasteiger partial charge in [0.15, 0.2) is 0 Å². The second kappa shape index (κ2) is 6.99. The minimum Gasteiger partial charge on any atom is -0.469 e. The van der Waals surface area contributed by atoms with Gasteiger partial charge in [-0.25, -0.2) is 0 Å². The maximum absolute atomic E-state index is 11.9. The first-order chi connectivity index (χ1) is 11.5. The third-order valence-corrected chi connectivity index (χ3v) is 4.67. The summed E-state index contributed by atoms with van der Waals surface area (Å²) in [6.45, 7) is 1.64. The van der Waals surface area contributed by atoms with Crippen molar-refractivity contribution in [1.82, 2.24) is 0 Å². The first-order valence-electron chi connectivity index (χ1n) is 8.75. The van der Waals surface area contributed by atoms with E-state index in [4.69, 9.17) is 6.11 Å². The van der Waals surface area contributed by atoms with Gasteiger partial charge in [0.2, 0.25) is 0 Å². The van der Waals surface area contributed by atoms with Crippen LogP contribution >= 0.6 is 0 Å². The Morgan fingerprint density at radius 3 is 2.26 bits per heavy atom. The molecule has 4 aliphatic carbocycles. The molecule has 2 nitrogen and oxygen atoms in total. The lowest BCUT2D eigenvalue weighted by Gasteiger charge is -2.16. The standard InChI is InChI=1S/C21H24O2/c1-15(21(22)23-2)13-20-14-18-8-7-16-3-5-17(6-4-16)9-11-19(20)12-10-18/h3-6,10,12,14-15H,7-9,11,13H2,1-2H3/i15D. The summed E-state index contributed by atoms with van der Waals surface area (Å²) in [4.78, 5) is 11.9. The molecule has 4 aliphatic rings. The Hall–Kier alpha value is -2.09. The number of benzene rings is 2. The molecule has 0 amide bonds. The van der Waals surface area contributed by atoms with Gasteiger partial charge < -0.3 is 4.74 Å². The highest BCUT2D eigenvalue weighted by atomic mass is 16.5. The highest BCUT2D eigenvalue weighted by Crippen LogP contribution is 2.22. The number of methoxy groups -OCH3 is 1. The van der Waals surface area contributed by atoms with E-state index in [0.717, 1.165) is 31.2 Å². The number of hydrogen-bond acceptors (Lipinski definition) is 2. The molecule has 1 atom stereocenters. The summed E-state index contributed by atoms with van der Waals surface area (Å²) in [5.74, 6) is -1.73. The fourth-order valence-electron chi connectivity index (χ4n) is 3.22. The van der Waals surface area contributed by atoms with Crippen LogP contribution in [0, 0.1) is 5.89 Å². The first kappa shape index (κ1) is 14.5. The molecule has 23 heavy (non-hydrogen) atoms. The third kappa shape index (κ3) is 3.82. The number of esters is 1. The van der Waals surface area contributed by atoms with Gasteiger partial charge in [-0.05, 0) is 59.9 Å². The predicted molar refractivity (Wildman–Crippen MR) is 92.6 cm³/mol. The molecule has 0 saturated carbocycles. The Kier molecular flexibility index (Phi) is 4.41. The van der Waals surface area contributed by atoms with Crippen LogP contribution < -0.4 is 0 Å². The first-order valence-corrected chi connectivity index (χ1v) is 8.25. The van der Waals surface area contributed by atoms with E-state index in [0.29, 0.717) is 6.42 Å². The summed E-state index contributed by atoms with van der Waals surface area (Å²) >= 11 is 0. The fourth-order valence-corrected chi connectivity index (χ4v) is 3.22. The quantitative estimate of drug-likeness (QED) is 0.803. The summed E-state index contributed by atoms with van der Waals surface area (Å²) in [5.41, 5.74) is 6.27. The van der Waals surface area contributed by atoms with Crippen LogP contribution in [0.5, 0.6) is 0 Å². The van der Waals surface area contributed by atoms with Crippen molar-refractivity contribution in [3.8, 4) is 0 Å². The zero-order valence-electron chi connectivity index (χ0n) is 14.9. The van der Waals surface area contributed by atoms with E-state index in [1.165, 1.54) is 29.4 Å². The fraction of sp³-hybridized carbons (Fsp3) is 0.381. The Balaban J connectivity index is 1.92. The Bertz CT molecular complexity index is 732. The van der Waals surface area contributed by atoms with E-state index in [9.17, 15) is 4.79 Å². The van der Waals surface area contributed by atoms with Crippen molar-refractivity contribution >= 4 is 5.97 Å². The smallest absolute Gasteiger partial charge is 0.308 e. The molecule has 0 saturated heterocycles. The van der Waals surface area contributed by atoms with Crippen LogP contribution in [-0.4, -0.2) is 13.1 Å². The van der Waals surface area contributed by atoms with Crippen molar-refractivity contribution in [3.63, 3.8) is 0 Å². The van der Waals surface area contributed by atoms with Gasteiger partial charge in [0.1, 0.15) is 0 Å². The van der Waals surface area contributed by atoms with Crippen molar-refractivity contribution in [1.29, 1.82) is 0 Å². The number of carbonyl (C=O) groups is 1. The van der Waals surface area contributed by atoms with Crippen molar-refractivity contribution in [2.75, 3.05) is 7.11 Å². The van der Waals surface area contributed by atoms with Gasteiger partial charge in [-0.3, -0.25) is 4.79 Å². The topological polar surface area (TPSA) is 26.3 Å².